The van der Waals surface area contributed by atoms with Gasteiger partial charge in [0.2, 0.25) is 0 Å². The molecule has 2 rings (SSSR count). The van der Waals surface area contributed by atoms with Crippen molar-refractivity contribution in [2.45, 2.75) is 32.3 Å². The highest BCUT2D eigenvalue weighted by atomic mass is 16.5. The zero-order valence-electron chi connectivity index (χ0n) is 9.29. The summed E-state index contributed by atoms with van der Waals surface area (Å²) in [5, 5.41) is 3.33. The van der Waals surface area contributed by atoms with Crippen LogP contribution in [0.2, 0.25) is 0 Å². The number of nitrogens with zero attached hydrogens (tertiary/aromatic N) is 2. The lowest BCUT2D eigenvalue weighted by molar-refractivity contribution is 0.0540. The highest BCUT2D eigenvalue weighted by Gasteiger charge is 2.29. The highest BCUT2D eigenvalue weighted by Crippen LogP contribution is 2.26. The third kappa shape index (κ3) is 2.45. The Kier molecular flexibility index (Phi) is 2.86. The van der Waals surface area contributed by atoms with Gasteiger partial charge in [0.05, 0.1) is 11.9 Å². The van der Waals surface area contributed by atoms with Crippen LogP contribution in [-0.2, 0) is 0 Å². The van der Waals surface area contributed by atoms with Crippen LogP contribution >= 0.6 is 0 Å². The van der Waals surface area contributed by atoms with Crippen molar-refractivity contribution in [3.63, 3.8) is 0 Å². The maximum Gasteiger partial charge on any atom is 0.159 e. The Labute approximate surface area is 90.1 Å². The number of rotatable bonds is 2. The molecule has 0 amide bonds. The average molecular weight is 207 g/mol. The molecule has 82 valence electrons. The van der Waals surface area contributed by atoms with Crippen molar-refractivity contribution in [1.29, 1.82) is 0 Å². The Balaban J connectivity index is 2.10. The molecule has 1 aromatic rings. The molecule has 4 nitrogen and oxygen atoms in total. The number of hydrogen-bond donors (Lipinski definition) is 1. The first-order chi connectivity index (χ1) is 7.20. The first kappa shape index (κ1) is 10.4. The van der Waals surface area contributed by atoms with E-state index >= 15 is 0 Å². The zero-order valence-corrected chi connectivity index (χ0v) is 9.29. The molecule has 0 aromatic carbocycles. The molecule has 0 unspecified atom stereocenters. The molecule has 4 heteroatoms. The van der Waals surface area contributed by atoms with Crippen LogP contribution in [-0.4, -0.2) is 28.7 Å². The second kappa shape index (κ2) is 4.14. The van der Waals surface area contributed by atoms with Gasteiger partial charge in [-0.1, -0.05) is 0 Å². The summed E-state index contributed by atoms with van der Waals surface area (Å²) >= 11 is 0. The molecule has 1 fully saturated rings. The first-order valence-electron chi connectivity index (χ1n) is 5.36. The molecule has 0 atom stereocenters. The minimum absolute atomic E-state index is 0.0687. The molecule has 0 spiro atoms. The number of piperidine rings is 1. The molecule has 0 aliphatic carbocycles. The number of hydrogen-bond acceptors (Lipinski definition) is 4. The summed E-state index contributed by atoms with van der Waals surface area (Å²) in [6.45, 7) is 6.13. The van der Waals surface area contributed by atoms with Crippen molar-refractivity contribution < 1.29 is 4.74 Å². The number of ether oxygens (including phenoxy) is 1. The number of nitrogens with one attached hydrogen (secondary N) is 1. The Morgan fingerprint density at radius 1 is 1.40 bits per heavy atom. The van der Waals surface area contributed by atoms with Crippen LogP contribution in [0.15, 0.2) is 12.5 Å². The number of aromatic nitrogens is 2. The lowest BCUT2D eigenvalue weighted by Gasteiger charge is -2.34. The second-order valence-corrected chi connectivity index (χ2v) is 4.27. The smallest absolute Gasteiger partial charge is 0.159 e. The van der Waals surface area contributed by atoms with Gasteiger partial charge >= 0.3 is 0 Å². The lowest BCUT2D eigenvalue weighted by atomic mass is 9.94. The fourth-order valence-corrected chi connectivity index (χ4v) is 1.80. The van der Waals surface area contributed by atoms with Gasteiger partial charge in [-0.3, -0.25) is 0 Å². The molecule has 2 heterocycles. The van der Waals surface area contributed by atoms with Gasteiger partial charge in [0.15, 0.2) is 5.75 Å². The van der Waals surface area contributed by atoms with Crippen LogP contribution < -0.4 is 10.1 Å². The van der Waals surface area contributed by atoms with Crippen molar-refractivity contribution in [3.8, 4) is 5.75 Å². The number of aryl methyl sites for hydroxylation is 1. The summed E-state index contributed by atoms with van der Waals surface area (Å²) in [6, 6.07) is 0. The minimum atomic E-state index is -0.0687. The summed E-state index contributed by atoms with van der Waals surface area (Å²) in [5.41, 5.74) is 0.838. The normalized spacial score (nSPS) is 19.9. The van der Waals surface area contributed by atoms with Crippen molar-refractivity contribution in [3.05, 3.63) is 18.2 Å². The van der Waals surface area contributed by atoms with E-state index in [1.54, 1.807) is 12.5 Å². The Morgan fingerprint density at radius 2 is 2.13 bits per heavy atom. The van der Waals surface area contributed by atoms with E-state index in [4.69, 9.17) is 4.74 Å². The second-order valence-electron chi connectivity index (χ2n) is 4.27. The summed E-state index contributed by atoms with van der Waals surface area (Å²) in [5.74, 6) is 0.807. The topological polar surface area (TPSA) is 47.0 Å². The largest absolute Gasteiger partial charge is 0.484 e. The maximum atomic E-state index is 6.01. The van der Waals surface area contributed by atoms with Crippen molar-refractivity contribution in [2.75, 3.05) is 13.1 Å². The monoisotopic (exact) mass is 207 g/mol. The van der Waals surface area contributed by atoms with Gasteiger partial charge in [0.1, 0.15) is 11.9 Å². The van der Waals surface area contributed by atoms with Gasteiger partial charge in [0.25, 0.3) is 0 Å². The van der Waals surface area contributed by atoms with Crippen LogP contribution in [0.5, 0.6) is 5.75 Å². The van der Waals surface area contributed by atoms with Gasteiger partial charge < -0.3 is 10.1 Å². The fraction of sp³-hybridized carbons (Fsp3) is 0.636. The highest BCUT2D eigenvalue weighted by molar-refractivity contribution is 5.22. The summed E-state index contributed by atoms with van der Waals surface area (Å²) in [6.07, 6.45) is 5.35. The Morgan fingerprint density at radius 3 is 2.80 bits per heavy atom. The molecule has 1 saturated heterocycles. The van der Waals surface area contributed by atoms with E-state index in [0.29, 0.717) is 0 Å². The predicted molar refractivity (Wildman–Crippen MR) is 57.9 cm³/mol. The third-order valence-corrected chi connectivity index (χ3v) is 2.88. The van der Waals surface area contributed by atoms with Crippen LogP contribution in [0.1, 0.15) is 25.5 Å². The Hall–Kier alpha value is -1.16. The maximum absolute atomic E-state index is 6.01. The minimum Gasteiger partial charge on any atom is -0.484 e. The van der Waals surface area contributed by atoms with Gasteiger partial charge in [-0.05, 0) is 39.8 Å². The van der Waals surface area contributed by atoms with Crippen LogP contribution in [0.3, 0.4) is 0 Å². The zero-order chi connectivity index (χ0) is 10.7. The van der Waals surface area contributed by atoms with Gasteiger partial charge in [0, 0.05) is 0 Å². The van der Waals surface area contributed by atoms with Gasteiger partial charge in [-0.15, -0.1) is 0 Å². The molecule has 1 aliphatic heterocycles. The van der Waals surface area contributed by atoms with Crippen LogP contribution in [0, 0.1) is 6.92 Å². The standard InChI is InChI=1S/C11H17N3O/c1-9-10(7-13-8-14-9)15-11(2)3-5-12-6-4-11/h7-8,12H,3-6H2,1-2H3. The molecule has 1 N–H and O–H groups in total. The van der Waals surface area contributed by atoms with E-state index in [2.05, 4.69) is 22.2 Å². The molecular formula is C11H17N3O. The van der Waals surface area contributed by atoms with Crippen molar-refractivity contribution >= 4 is 0 Å². The van der Waals surface area contributed by atoms with Crippen LogP contribution in [0.4, 0.5) is 0 Å². The molecular weight excluding hydrogens is 190 g/mol. The molecule has 0 bridgehead atoms. The van der Waals surface area contributed by atoms with Crippen LogP contribution in [0.25, 0.3) is 0 Å². The van der Waals surface area contributed by atoms with Crippen molar-refractivity contribution in [2.24, 2.45) is 0 Å². The predicted octanol–water partition coefficient (Wildman–Crippen LogP) is 1.31. The molecule has 1 aromatic heterocycles. The SMILES string of the molecule is Cc1ncncc1OC1(C)CCNCC1. The average Bonchev–Trinajstić information content (AvgIpc) is 2.22. The van der Waals surface area contributed by atoms with Gasteiger partial charge in [-0.25, -0.2) is 9.97 Å². The summed E-state index contributed by atoms with van der Waals surface area (Å²) in [4.78, 5) is 8.11. The molecule has 0 saturated carbocycles. The molecule has 0 radical (unpaired) electrons. The first-order valence-corrected chi connectivity index (χ1v) is 5.36. The van der Waals surface area contributed by atoms with Crippen molar-refractivity contribution in [1.82, 2.24) is 15.3 Å². The summed E-state index contributed by atoms with van der Waals surface area (Å²) < 4.78 is 6.01. The third-order valence-electron chi connectivity index (χ3n) is 2.88. The van der Waals surface area contributed by atoms with E-state index in [0.717, 1.165) is 37.4 Å². The lowest BCUT2D eigenvalue weighted by Crippen LogP contribution is -2.44. The van der Waals surface area contributed by atoms with Gasteiger partial charge in [-0.2, -0.15) is 0 Å². The fourth-order valence-electron chi connectivity index (χ4n) is 1.80. The Bertz CT molecular complexity index is 334. The quantitative estimate of drug-likeness (QED) is 0.794. The van der Waals surface area contributed by atoms with E-state index in [-0.39, 0.29) is 5.60 Å². The van der Waals surface area contributed by atoms with E-state index < -0.39 is 0 Å². The molecule has 15 heavy (non-hydrogen) atoms. The van der Waals surface area contributed by atoms with E-state index in [1.807, 2.05) is 6.92 Å². The summed E-state index contributed by atoms with van der Waals surface area (Å²) in [7, 11) is 0. The molecule has 1 aliphatic rings. The van der Waals surface area contributed by atoms with E-state index in [1.165, 1.54) is 0 Å². The van der Waals surface area contributed by atoms with E-state index in [9.17, 15) is 0 Å².